The number of halogens is 3. The fourth-order valence-corrected chi connectivity index (χ4v) is 1.42. The highest BCUT2D eigenvalue weighted by molar-refractivity contribution is 5.20. The van der Waals surface area contributed by atoms with Gasteiger partial charge in [0, 0.05) is 18.8 Å². The maximum absolute atomic E-state index is 12.0. The van der Waals surface area contributed by atoms with Crippen molar-refractivity contribution < 1.29 is 17.9 Å². The summed E-state index contributed by atoms with van der Waals surface area (Å²) in [4.78, 5) is 3.88. The van der Waals surface area contributed by atoms with Gasteiger partial charge in [0.1, 0.15) is 0 Å². The lowest BCUT2D eigenvalue weighted by atomic mass is 10.2. The average Bonchev–Trinajstić information content (AvgIpc) is 2.27. The predicted octanol–water partition coefficient (Wildman–Crippen LogP) is 3.16. The van der Waals surface area contributed by atoms with Crippen molar-refractivity contribution in [3.05, 3.63) is 23.9 Å². The summed E-state index contributed by atoms with van der Waals surface area (Å²) in [5, 5.41) is 3.25. The van der Waals surface area contributed by atoms with E-state index in [0.29, 0.717) is 12.5 Å². The van der Waals surface area contributed by atoms with Crippen molar-refractivity contribution in [3.63, 3.8) is 0 Å². The van der Waals surface area contributed by atoms with Crippen molar-refractivity contribution in [1.29, 1.82) is 0 Å². The monoisotopic (exact) mass is 276 g/mol. The van der Waals surface area contributed by atoms with Gasteiger partial charge in [-0.2, -0.15) is 13.2 Å². The van der Waals surface area contributed by atoms with Crippen molar-refractivity contribution in [2.75, 3.05) is 13.2 Å². The highest BCUT2D eigenvalue weighted by atomic mass is 19.4. The van der Waals surface area contributed by atoms with Crippen molar-refractivity contribution >= 4 is 0 Å². The zero-order chi connectivity index (χ0) is 14.3. The van der Waals surface area contributed by atoms with Gasteiger partial charge in [-0.3, -0.25) is 0 Å². The molecular weight excluding hydrogens is 257 g/mol. The van der Waals surface area contributed by atoms with E-state index in [1.165, 1.54) is 6.20 Å². The lowest BCUT2D eigenvalue weighted by Gasteiger charge is -2.10. The van der Waals surface area contributed by atoms with E-state index in [9.17, 15) is 13.2 Å². The fraction of sp³-hybridized carbons (Fsp3) is 0.615. The molecule has 1 aromatic heterocycles. The van der Waals surface area contributed by atoms with Crippen LogP contribution in [0.3, 0.4) is 0 Å². The minimum Gasteiger partial charge on any atom is -0.477 e. The van der Waals surface area contributed by atoms with E-state index in [1.54, 1.807) is 6.07 Å². The predicted molar refractivity (Wildman–Crippen MR) is 66.9 cm³/mol. The smallest absolute Gasteiger partial charge is 0.392 e. The van der Waals surface area contributed by atoms with Crippen LogP contribution in [-0.4, -0.2) is 24.3 Å². The summed E-state index contributed by atoms with van der Waals surface area (Å²) < 4.78 is 40.9. The van der Waals surface area contributed by atoms with Gasteiger partial charge in [-0.15, -0.1) is 0 Å². The van der Waals surface area contributed by atoms with Crippen LogP contribution in [0.15, 0.2) is 18.3 Å². The van der Waals surface area contributed by atoms with Gasteiger partial charge in [0.05, 0.1) is 13.0 Å². The molecule has 0 saturated heterocycles. The van der Waals surface area contributed by atoms with Crippen LogP contribution in [0.4, 0.5) is 13.2 Å². The Morgan fingerprint density at radius 1 is 1.37 bits per heavy atom. The summed E-state index contributed by atoms with van der Waals surface area (Å²) >= 11 is 0. The number of alkyl halides is 3. The van der Waals surface area contributed by atoms with Crippen molar-refractivity contribution in [2.24, 2.45) is 5.92 Å². The first-order valence-electron chi connectivity index (χ1n) is 6.22. The first-order valence-corrected chi connectivity index (χ1v) is 6.22. The molecule has 1 N–H and O–H groups in total. The lowest BCUT2D eigenvalue weighted by molar-refractivity contribution is -0.139. The number of nitrogens with one attached hydrogen (secondary N) is 1. The molecule has 0 aromatic carbocycles. The van der Waals surface area contributed by atoms with Crippen LogP contribution >= 0.6 is 0 Å². The Kier molecular flexibility index (Phi) is 6.08. The summed E-state index contributed by atoms with van der Waals surface area (Å²) in [5.74, 6) is 0.775. The molecule has 1 heterocycles. The van der Waals surface area contributed by atoms with Gasteiger partial charge in [0.15, 0.2) is 0 Å². The fourth-order valence-electron chi connectivity index (χ4n) is 1.42. The summed E-state index contributed by atoms with van der Waals surface area (Å²) in [5.41, 5.74) is 0.942. The van der Waals surface area contributed by atoms with E-state index in [4.69, 9.17) is 4.74 Å². The minimum absolute atomic E-state index is 0.230. The molecule has 0 radical (unpaired) electrons. The molecule has 0 bridgehead atoms. The zero-order valence-corrected chi connectivity index (χ0v) is 11.1. The molecule has 0 spiro atoms. The summed E-state index contributed by atoms with van der Waals surface area (Å²) in [6, 6.07) is 3.47. The molecule has 0 unspecified atom stereocenters. The highest BCUT2D eigenvalue weighted by Crippen LogP contribution is 2.19. The topological polar surface area (TPSA) is 34.2 Å². The van der Waals surface area contributed by atoms with E-state index in [1.807, 2.05) is 6.07 Å². The van der Waals surface area contributed by atoms with Gasteiger partial charge in [0.2, 0.25) is 5.88 Å². The lowest BCUT2D eigenvalue weighted by Crippen LogP contribution is -2.19. The summed E-state index contributed by atoms with van der Waals surface area (Å²) in [7, 11) is 0. The normalized spacial score (nSPS) is 11.9. The number of hydrogen-bond acceptors (Lipinski definition) is 3. The van der Waals surface area contributed by atoms with E-state index in [2.05, 4.69) is 24.1 Å². The number of hydrogen-bond donors (Lipinski definition) is 1. The number of pyridine rings is 1. The molecule has 1 rings (SSSR count). The Labute approximate surface area is 111 Å². The van der Waals surface area contributed by atoms with Crippen LogP contribution in [0, 0.1) is 5.92 Å². The first-order chi connectivity index (χ1) is 8.87. The highest BCUT2D eigenvalue weighted by Gasteiger charge is 2.26. The molecule has 0 aliphatic rings. The minimum atomic E-state index is -4.20. The van der Waals surface area contributed by atoms with Crippen LogP contribution in [-0.2, 0) is 6.54 Å². The van der Waals surface area contributed by atoms with Crippen molar-refractivity contribution in [1.82, 2.24) is 10.3 Å². The second kappa shape index (κ2) is 7.33. The SMILES string of the molecule is CC(C)CNCc1ccnc(OCCC(F)(F)F)c1. The van der Waals surface area contributed by atoms with Crippen LogP contribution in [0.1, 0.15) is 25.8 Å². The third kappa shape index (κ3) is 7.66. The van der Waals surface area contributed by atoms with Crippen LogP contribution < -0.4 is 10.1 Å². The van der Waals surface area contributed by atoms with E-state index in [0.717, 1.165) is 12.1 Å². The van der Waals surface area contributed by atoms with Crippen molar-refractivity contribution in [3.8, 4) is 5.88 Å². The van der Waals surface area contributed by atoms with E-state index >= 15 is 0 Å². The third-order valence-electron chi connectivity index (χ3n) is 2.32. The Bertz CT molecular complexity index is 380. The molecule has 0 fully saturated rings. The molecule has 0 atom stereocenters. The van der Waals surface area contributed by atoms with Gasteiger partial charge in [-0.25, -0.2) is 4.98 Å². The molecule has 6 heteroatoms. The molecule has 19 heavy (non-hydrogen) atoms. The van der Waals surface area contributed by atoms with Crippen molar-refractivity contribution in [2.45, 2.75) is 33.0 Å². The number of aromatic nitrogens is 1. The maximum Gasteiger partial charge on any atom is 0.392 e. The largest absolute Gasteiger partial charge is 0.477 e. The Morgan fingerprint density at radius 3 is 2.74 bits per heavy atom. The van der Waals surface area contributed by atoms with Crippen LogP contribution in [0.2, 0.25) is 0 Å². The van der Waals surface area contributed by atoms with E-state index < -0.39 is 19.2 Å². The molecule has 3 nitrogen and oxygen atoms in total. The molecule has 1 aromatic rings. The van der Waals surface area contributed by atoms with Gasteiger partial charge < -0.3 is 10.1 Å². The molecule has 0 aliphatic heterocycles. The van der Waals surface area contributed by atoms with E-state index in [-0.39, 0.29) is 5.88 Å². The Morgan fingerprint density at radius 2 is 2.11 bits per heavy atom. The summed E-state index contributed by atoms with van der Waals surface area (Å²) in [6.07, 6.45) is -3.63. The van der Waals surface area contributed by atoms with Crippen LogP contribution in [0.5, 0.6) is 5.88 Å². The third-order valence-corrected chi connectivity index (χ3v) is 2.32. The Balaban J connectivity index is 2.39. The molecule has 0 saturated carbocycles. The first kappa shape index (κ1) is 15.8. The van der Waals surface area contributed by atoms with Gasteiger partial charge in [-0.05, 0) is 24.1 Å². The quantitative estimate of drug-likeness (QED) is 0.830. The average molecular weight is 276 g/mol. The maximum atomic E-state index is 12.0. The van der Waals surface area contributed by atoms with Gasteiger partial charge in [0.25, 0.3) is 0 Å². The number of rotatable bonds is 7. The van der Waals surface area contributed by atoms with Gasteiger partial charge in [-0.1, -0.05) is 13.8 Å². The number of nitrogens with zero attached hydrogens (tertiary/aromatic N) is 1. The van der Waals surface area contributed by atoms with Gasteiger partial charge >= 0.3 is 6.18 Å². The number of ether oxygens (including phenoxy) is 1. The molecule has 0 amide bonds. The molecule has 0 aliphatic carbocycles. The second-order valence-corrected chi connectivity index (χ2v) is 4.74. The molecular formula is C13H19F3N2O. The zero-order valence-electron chi connectivity index (χ0n) is 11.1. The second-order valence-electron chi connectivity index (χ2n) is 4.74. The van der Waals surface area contributed by atoms with Crippen LogP contribution in [0.25, 0.3) is 0 Å². The Hall–Kier alpha value is -1.30. The summed E-state index contributed by atoms with van der Waals surface area (Å²) in [6.45, 7) is 5.33. The molecule has 108 valence electrons. The standard InChI is InChI=1S/C13H19F3N2O/c1-10(2)8-17-9-11-3-5-18-12(7-11)19-6-4-13(14,15)16/h3,5,7,10,17H,4,6,8-9H2,1-2H3.